The van der Waals surface area contributed by atoms with Crippen LogP contribution in [0.15, 0.2) is 47.8 Å². The Hall–Kier alpha value is -2.99. The molecule has 0 saturated heterocycles. The third-order valence-electron chi connectivity index (χ3n) is 5.24. The van der Waals surface area contributed by atoms with E-state index >= 15 is 0 Å². The highest BCUT2D eigenvalue weighted by Gasteiger charge is 2.24. The second-order valence-corrected chi connectivity index (χ2v) is 8.11. The van der Waals surface area contributed by atoms with E-state index in [1.807, 2.05) is 11.4 Å². The molecule has 1 aromatic heterocycles. The number of carbonyl (C=O) groups is 2. The first-order valence-corrected chi connectivity index (χ1v) is 10.9. The molecule has 1 aliphatic carbocycles. The Balaban J connectivity index is 1.71. The molecular formula is C24H22FNO3S. The normalized spacial score (nSPS) is 12.9. The summed E-state index contributed by atoms with van der Waals surface area (Å²) in [6.45, 7) is 1.98. The Bertz CT molecular complexity index is 1110. The summed E-state index contributed by atoms with van der Waals surface area (Å²) in [6, 6.07) is 11.7. The van der Waals surface area contributed by atoms with Gasteiger partial charge in [0.25, 0.3) is 5.91 Å². The van der Waals surface area contributed by atoms with Crippen molar-refractivity contribution in [2.75, 3.05) is 11.9 Å². The number of benzene rings is 2. The zero-order chi connectivity index (χ0) is 21.1. The van der Waals surface area contributed by atoms with Crippen LogP contribution in [-0.4, -0.2) is 18.5 Å². The summed E-state index contributed by atoms with van der Waals surface area (Å²) in [6.07, 6.45) is 4.49. The smallest absolute Gasteiger partial charge is 0.341 e. The quantitative estimate of drug-likeness (QED) is 0.523. The first kappa shape index (κ1) is 20.3. The van der Waals surface area contributed by atoms with Crippen molar-refractivity contribution in [3.63, 3.8) is 0 Å². The van der Waals surface area contributed by atoms with Gasteiger partial charge in [0.1, 0.15) is 16.4 Å². The maximum absolute atomic E-state index is 13.5. The van der Waals surface area contributed by atoms with Crippen molar-refractivity contribution in [3.8, 4) is 11.1 Å². The van der Waals surface area contributed by atoms with E-state index in [0.717, 1.165) is 30.0 Å². The highest BCUT2D eigenvalue weighted by molar-refractivity contribution is 7.15. The maximum atomic E-state index is 13.5. The van der Waals surface area contributed by atoms with E-state index in [4.69, 9.17) is 4.74 Å². The first-order chi connectivity index (χ1) is 14.6. The zero-order valence-corrected chi connectivity index (χ0v) is 17.5. The fourth-order valence-corrected chi connectivity index (χ4v) is 4.73. The lowest BCUT2D eigenvalue weighted by molar-refractivity contribution is 0.0529. The van der Waals surface area contributed by atoms with Gasteiger partial charge < -0.3 is 10.1 Å². The van der Waals surface area contributed by atoms with Crippen LogP contribution < -0.4 is 5.32 Å². The topological polar surface area (TPSA) is 55.4 Å². The molecule has 4 rings (SSSR count). The van der Waals surface area contributed by atoms with E-state index in [0.29, 0.717) is 10.6 Å². The number of fused-ring (bicyclic) bond motifs is 1. The summed E-state index contributed by atoms with van der Waals surface area (Å²) in [4.78, 5) is 25.4. The minimum absolute atomic E-state index is 0.188. The second-order valence-electron chi connectivity index (χ2n) is 7.23. The Labute approximate surface area is 178 Å². The number of amides is 1. The van der Waals surface area contributed by atoms with Gasteiger partial charge >= 0.3 is 5.97 Å². The van der Waals surface area contributed by atoms with Gasteiger partial charge in [-0.3, -0.25) is 4.79 Å². The Kier molecular flexibility index (Phi) is 5.95. The highest BCUT2D eigenvalue weighted by atomic mass is 32.1. The monoisotopic (exact) mass is 423 g/mol. The minimum Gasteiger partial charge on any atom is -0.462 e. The lowest BCUT2D eigenvalue weighted by atomic mass is 9.89. The lowest BCUT2D eigenvalue weighted by Gasteiger charge is -2.17. The van der Waals surface area contributed by atoms with Crippen molar-refractivity contribution >= 4 is 28.2 Å². The molecule has 0 aliphatic heterocycles. The van der Waals surface area contributed by atoms with Crippen molar-refractivity contribution < 1.29 is 18.7 Å². The van der Waals surface area contributed by atoms with Crippen LogP contribution in [-0.2, 0) is 17.6 Å². The van der Waals surface area contributed by atoms with E-state index in [9.17, 15) is 14.0 Å². The third-order valence-corrected chi connectivity index (χ3v) is 6.14. The van der Waals surface area contributed by atoms with E-state index in [-0.39, 0.29) is 12.2 Å². The van der Waals surface area contributed by atoms with Crippen LogP contribution in [0, 0.1) is 5.82 Å². The van der Waals surface area contributed by atoms with E-state index in [1.165, 1.54) is 53.5 Å². The summed E-state index contributed by atoms with van der Waals surface area (Å²) < 4.78 is 18.8. The molecule has 3 aromatic rings. The van der Waals surface area contributed by atoms with Crippen molar-refractivity contribution in [1.82, 2.24) is 0 Å². The number of anilines is 1. The lowest BCUT2D eigenvalue weighted by Crippen LogP contribution is -2.15. The largest absolute Gasteiger partial charge is 0.462 e. The van der Waals surface area contributed by atoms with Gasteiger partial charge in [0.2, 0.25) is 0 Å². The molecule has 0 saturated carbocycles. The van der Waals surface area contributed by atoms with Crippen LogP contribution in [0.4, 0.5) is 9.39 Å². The molecule has 0 fully saturated rings. The fraction of sp³-hybridized carbons (Fsp3) is 0.250. The van der Waals surface area contributed by atoms with Crippen LogP contribution in [0.25, 0.3) is 11.1 Å². The molecule has 0 bridgehead atoms. The maximum Gasteiger partial charge on any atom is 0.341 e. The number of nitrogens with one attached hydrogen (secondary N) is 1. The molecule has 0 spiro atoms. The number of esters is 1. The van der Waals surface area contributed by atoms with Gasteiger partial charge in [-0.05, 0) is 67.5 Å². The molecule has 2 aromatic carbocycles. The highest BCUT2D eigenvalue weighted by Crippen LogP contribution is 2.38. The number of aryl methyl sites for hydroxylation is 2. The molecule has 1 amide bonds. The van der Waals surface area contributed by atoms with E-state index in [1.54, 1.807) is 6.92 Å². The summed E-state index contributed by atoms with van der Waals surface area (Å²) in [5, 5.41) is 5.02. The number of ether oxygens (including phenoxy) is 1. The standard InChI is InChI=1S/C24H22FNO3S/c1-2-29-24(28)21-20(17-11-10-15-6-3-4-7-16(15)12-17)14-30-23(21)26-22(27)18-8-5-9-19(25)13-18/h5,8-14H,2-4,6-7H2,1H3,(H,26,27). The van der Waals surface area contributed by atoms with Gasteiger partial charge in [-0.25, -0.2) is 9.18 Å². The number of halogens is 1. The molecule has 0 atom stereocenters. The van der Waals surface area contributed by atoms with Crippen molar-refractivity contribution in [1.29, 1.82) is 0 Å². The number of carbonyl (C=O) groups excluding carboxylic acids is 2. The number of hydrogen-bond acceptors (Lipinski definition) is 4. The average molecular weight is 424 g/mol. The summed E-state index contributed by atoms with van der Waals surface area (Å²) in [5.74, 6) is -1.45. The number of rotatable bonds is 5. The zero-order valence-electron chi connectivity index (χ0n) is 16.7. The van der Waals surface area contributed by atoms with Gasteiger partial charge in [0, 0.05) is 16.5 Å². The summed E-state index contributed by atoms with van der Waals surface area (Å²) in [5.41, 5.74) is 4.86. The van der Waals surface area contributed by atoms with Crippen LogP contribution in [0.2, 0.25) is 0 Å². The predicted molar refractivity (Wildman–Crippen MR) is 117 cm³/mol. The van der Waals surface area contributed by atoms with Gasteiger partial charge in [-0.1, -0.05) is 24.3 Å². The summed E-state index contributed by atoms with van der Waals surface area (Å²) >= 11 is 1.26. The predicted octanol–water partition coefficient (Wildman–Crippen LogP) is 5.86. The average Bonchev–Trinajstić information content (AvgIpc) is 3.17. The van der Waals surface area contributed by atoms with Crippen molar-refractivity contribution in [2.24, 2.45) is 0 Å². The number of hydrogen-bond donors (Lipinski definition) is 1. The SMILES string of the molecule is CCOC(=O)c1c(-c2ccc3c(c2)CCCC3)csc1NC(=O)c1cccc(F)c1. The summed E-state index contributed by atoms with van der Waals surface area (Å²) in [7, 11) is 0. The molecule has 0 unspecified atom stereocenters. The molecule has 154 valence electrons. The molecule has 1 aliphatic rings. The Morgan fingerprint density at radius 2 is 1.90 bits per heavy atom. The molecule has 1 N–H and O–H groups in total. The molecular weight excluding hydrogens is 401 g/mol. The fourth-order valence-electron chi connectivity index (χ4n) is 3.77. The molecule has 30 heavy (non-hydrogen) atoms. The molecule has 1 heterocycles. The van der Waals surface area contributed by atoms with E-state index in [2.05, 4.69) is 17.4 Å². The molecule has 6 heteroatoms. The van der Waals surface area contributed by atoms with Crippen LogP contribution in [0.5, 0.6) is 0 Å². The molecule has 0 radical (unpaired) electrons. The van der Waals surface area contributed by atoms with E-state index < -0.39 is 17.7 Å². The Morgan fingerprint density at radius 1 is 1.10 bits per heavy atom. The van der Waals surface area contributed by atoms with Gasteiger partial charge in [0.15, 0.2) is 0 Å². The van der Waals surface area contributed by atoms with Crippen LogP contribution in [0.1, 0.15) is 51.6 Å². The van der Waals surface area contributed by atoms with Crippen molar-refractivity contribution in [2.45, 2.75) is 32.6 Å². The van der Waals surface area contributed by atoms with Crippen LogP contribution in [0.3, 0.4) is 0 Å². The van der Waals surface area contributed by atoms with Gasteiger partial charge in [-0.15, -0.1) is 11.3 Å². The van der Waals surface area contributed by atoms with Gasteiger partial charge in [-0.2, -0.15) is 0 Å². The minimum atomic E-state index is -0.491. The third kappa shape index (κ3) is 4.14. The Morgan fingerprint density at radius 3 is 2.67 bits per heavy atom. The molecule has 4 nitrogen and oxygen atoms in total. The number of thiophene rings is 1. The van der Waals surface area contributed by atoms with Crippen molar-refractivity contribution in [3.05, 3.63) is 75.9 Å². The van der Waals surface area contributed by atoms with Gasteiger partial charge in [0.05, 0.1) is 6.61 Å². The second kappa shape index (κ2) is 8.79. The van der Waals surface area contributed by atoms with Crippen LogP contribution >= 0.6 is 11.3 Å². The first-order valence-electron chi connectivity index (χ1n) is 10.0.